The van der Waals surface area contributed by atoms with Crippen LogP contribution in [0.1, 0.15) is 17.3 Å². The molecule has 1 aliphatic heterocycles. The van der Waals surface area contributed by atoms with Crippen LogP contribution in [-0.4, -0.2) is 30.3 Å². The number of hydrogen-bond acceptors (Lipinski definition) is 6. The zero-order valence-corrected chi connectivity index (χ0v) is 15.2. The van der Waals surface area contributed by atoms with Crippen molar-refractivity contribution >= 4 is 29.3 Å². The van der Waals surface area contributed by atoms with Crippen molar-refractivity contribution in [2.24, 2.45) is 0 Å². The van der Waals surface area contributed by atoms with E-state index in [2.05, 4.69) is 5.32 Å². The van der Waals surface area contributed by atoms with Gasteiger partial charge in [0.1, 0.15) is 0 Å². The Labute approximate surface area is 162 Å². The molecular formula is C18H14F3NO5S. The topological polar surface area (TPSA) is 73.9 Å². The second kappa shape index (κ2) is 8.01. The largest absolute Gasteiger partial charge is 0.454 e. The van der Waals surface area contributed by atoms with Crippen LogP contribution in [0.2, 0.25) is 0 Å². The fraction of sp³-hybridized carbons (Fsp3) is 0.222. The molecule has 2 aromatic rings. The normalized spacial score (nSPS) is 13.7. The van der Waals surface area contributed by atoms with E-state index in [0.717, 1.165) is 12.1 Å². The summed E-state index contributed by atoms with van der Waals surface area (Å²) in [5, 5.41) is 2.58. The minimum Gasteiger partial charge on any atom is -0.454 e. The molecule has 0 saturated heterocycles. The van der Waals surface area contributed by atoms with Crippen molar-refractivity contribution in [3.63, 3.8) is 0 Å². The molecule has 0 unspecified atom stereocenters. The van der Waals surface area contributed by atoms with Crippen molar-refractivity contribution in [2.75, 3.05) is 12.1 Å². The van der Waals surface area contributed by atoms with Crippen LogP contribution in [-0.2, 0) is 9.53 Å². The van der Waals surface area contributed by atoms with Gasteiger partial charge in [-0.05, 0) is 55.1 Å². The van der Waals surface area contributed by atoms with Gasteiger partial charge in [-0.15, -0.1) is 0 Å². The number of amides is 1. The van der Waals surface area contributed by atoms with Gasteiger partial charge in [0.2, 0.25) is 6.79 Å². The van der Waals surface area contributed by atoms with Crippen LogP contribution in [0.5, 0.6) is 11.5 Å². The lowest BCUT2D eigenvalue weighted by molar-refractivity contribution is -0.123. The molecule has 28 heavy (non-hydrogen) atoms. The van der Waals surface area contributed by atoms with Crippen molar-refractivity contribution in [3.05, 3.63) is 48.0 Å². The van der Waals surface area contributed by atoms with Gasteiger partial charge >= 0.3 is 11.5 Å². The molecule has 0 aromatic heterocycles. The minimum atomic E-state index is -4.41. The van der Waals surface area contributed by atoms with Crippen molar-refractivity contribution in [2.45, 2.75) is 23.4 Å². The lowest BCUT2D eigenvalue weighted by Crippen LogP contribution is -2.30. The van der Waals surface area contributed by atoms with Crippen LogP contribution in [0.4, 0.5) is 18.9 Å². The fourth-order valence-electron chi connectivity index (χ4n) is 2.29. The third kappa shape index (κ3) is 5.10. The number of fused-ring (bicyclic) bond motifs is 1. The van der Waals surface area contributed by atoms with E-state index in [1.54, 1.807) is 18.2 Å². The lowest BCUT2D eigenvalue weighted by atomic mass is 10.2. The zero-order chi connectivity index (χ0) is 20.3. The predicted molar refractivity (Wildman–Crippen MR) is 94.4 cm³/mol. The minimum absolute atomic E-state index is 0.0363. The highest BCUT2D eigenvalue weighted by Crippen LogP contribution is 2.37. The molecule has 10 heteroatoms. The smallest absolute Gasteiger partial charge is 0.446 e. The van der Waals surface area contributed by atoms with Crippen molar-refractivity contribution in [1.29, 1.82) is 0 Å². The lowest BCUT2D eigenvalue weighted by Gasteiger charge is -2.14. The number of carbonyl (C=O) groups excluding carboxylic acids is 2. The first-order chi connectivity index (χ1) is 13.2. The van der Waals surface area contributed by atoms with E-state index in [0.29, 0.717) is 17.2 Å². The van der Waals surface area contributed by atoms with Crippen molar-refractivity contribution in [3.8, 4) is 11.5 Å². The third-order valence-electron chi connectivity index (χ3n) is 3.62. The van der Waals surface area contributed by atoms with Crippen LogP contribution in [0.3, 0.4) is 0 Å². The number of benzene rings is 2. The molecule has 3 rings (SSSR count). The number of hydrogen-bond donors (Lipinski definition) is 1. The first-order valence-electron chi connectivity index (χ1n) is 7.98. The summed E-state index contributed by atoms with van der Waals surface area (Å²) in [6.07, 6.45) is -1.12. The average Bonchev–Trinajstić information content (AvgIpc) is 3.08. The monoisotopic (exact) mass is 413 g/mol. The Morgan fingerprint density at radius 3 is 2.46 bits per heavy atom. The number of esters is 1. The van der Waals surface area contributed by atoms with Crippen LogP contribution in [0, 0.1) is 0 Å². The second-order valence-corrected chi connectivity index (χ2v) is 6.82. The summed E-state index contributed by atoms with van der Waals surface area (Å²) >= 11 is -0.286. The molecule has 148 valence electrons. The Kier molecular flexibility index (Phi) is 5.68. The maximum absolute atomic E-state index is 12.3. The number of rotatable bonds is 5. The van der Waals surface area contributed by atoms with E-state index in [9.17, 15) is 22.8 Å². The molecule has 1 aliphatic rings. The SMILES string of the molecule is C[C@H](OC(=O)c1ccc(SC(F)(F)F)cc1)C(=O)Nc1ccc2c(c1)OCO2. The summed E-state index contributed by atoms with van der Waals surface area (Å²) in [6, 6.07) is 9.55. The molecule has 0 saturated carbocycles. The highest BCUT2D eigenvalue weighted by Gasteiger charge is 2.29. The number of anilines is 1. The molecule has 2 aromatic carbocycles. The Hall–Kier alpha value is -2.88. The van der Waals surface area contributed by atoms with Gasteiger partial charge in [0, 0.05) is 16.6 Å². The van der Waals surface area contributed by atoms with Gasteiger partial charge in [0.15, 0.2) is 17.6 Å². The van der Waals surface area contributed by atoms with Gasteiger partial charge < -0.3 is 19.5 Å². The van der Waals surface area contributed by atoms with Crippen LogP contribution in [0.25, 0.3) is 0 Å². The van der Waals surface area contributed by atoms with Gasteiger partial charge in [-0.1, -0.05) is 0 Å². The zero-order valence-electron chi connectivity index (χ0n) is 14.4. The number of thioether (sulfide) groups is 1. The maximum Gasteiger partial charge on any atom is 0.446 e. The summed E-state index contributed by atoms with van der Waals surface area (Å²) in [4.78, 5) is 24.2. The van der Waals surface area contributed by atoms with Crippen LogP contribution >= 0.6 is 11.8 Å². The Morgan fingerprint density at radius 2 is 1.79 bits per heavy atom. The molecule has 0 fully saturated rings. The summed E-state index contributed by atoms with van der Waals surface area (Å²) in [6.45, 7) is 1.48. The average molecular weight is 413 g/mol. The highest BCUT2D eigenvalue weighted by atomic mass is 32.2. The summed E-state index contributed by atoms with van der Waals surface area (Å²) < 4.78 is 52.4. The van der Waals surface area contributed by atoms with Crippen molar-refractivity contribution in [1.82, 2.24) is 0 Å². The molecule has 6 nitrogen and oxygen atoms in total. The number of carbonyl (C=O) groups is 2. The van der Waals surface area contributed by atoms with Crippen LogP contribution in [0.15, 0.2) is 47.4 Å². The van der Waals surface area contributed by atoms with E-state index in [1.807, 2.05) is 0 Å². The van der Waals surface area contributed by atoms with E-state index in [4.69, 9.17) is 14.2 Å². The van der Waals surface area contributed by atoms with Gasteiger partial charge in [-0.2, -0.15) is 13.2 Å². The Morgan fingerprint density at radius 1 is 1.11 bits per heavy atom. The number of halogens is 3. The van der Waals surface area contributed by atoms with Gasteiger partial charge in [-0.3, -0.25) is 4.79 Å². The van der Waals surface area contributed by atoms with E-state index in [1.165, 1.54) is 19.1 Å². The van der Waals surface area contributed by atoms with Crippen molar-refractivity contribution < 1.29 is 37.0 Å². The maximum atomic E-state index is 12.3. The standard InChI is InChI=1S/C18H14F3NO5S/c1-10(16(23)22-12-4-7-14-15(8-12)26-9-25-14)27-17(24)11-2-5-13(6-3-11)28-18(19,20)21/h2-8,10H,9H2,1H3,(H,22,23)/t10-/m0/s1. The number of ether oxygens (including phenoxy) is 3. The summed E-state index contributed by atoms with van der Waals surface area (Å²) in [5.41, 5.74) is -3.94. The molecule has 1 heterocycles. The molecule has 0 spiro atoms. The first-order valence-corrected chi connectivity index (χ1v) is 8.80. The third-order valence-corrected chi connectivity index (χ3v) is 4.36. The highest BCUT2D eigenvalue weighted by molar-refractivity contribution is 8.00. The van der Waals surface area contributed by atoms with E-state index in [-0.39, 0.29) is 29.0 Å². The molecule has 0 radical (unpaired) electrons. The predicted octanol–water partition coefficient (Wildman–Crippen LogP) is 4.21. The van der Waals surface area contributed by atoms with E-state index >= 15 is 0 Å². The number of nitrogens with one attached hydrogen (secondary N) is 1. The summed E-state index contributed by atoms with van der Waals surface area (Å²) in [5.74, 6) is -0.350. The first kappa shape index (κ1) is 19.9. The van der Waals surface area contributed by atoms with Gasteiger partial charge in [-0.25, -0.2) is 4.79 Å². The molecule has 0 aliphatic carbocycles. The summed E-state index contributed by atoms with van der Waals surface area (Å²) in [7, 11) is 0. The number of alkyl halides is 3. The Bertz CT molecular complexity index is 886. The molecular weight excluding hydrogens is 399 g/mol. The van der Waals surface area contributed by atoms with Crippen LogP contribution < -0.4 is 14.8 Å². The molecule has 1 N–H and O–H groups in total. The van der Waals surface area contributed by atoms with Gasteiger partial charge in [0.05, 0.1) is 5.56 Å². The second-order valence-electron chi connectivity index (χ2n) is 5.68. The quantitative estimate of drug-likeness (QED) is 0.585. The molecule has 1 atom stereocenters. The fourth-order valence-corrected chi connectivity index (χ4v) is 2.83. The molecule has 0 bridgehead atoms. The van der Waals surface area contributed by atoms with Gasteiger partial charge in [0.25, 0.3) is 5.91 Å². The van der Waals surface area contributed by atoms with E-state index < -0.39 is 23.5 Å². The Balaban J connectivity index is 1.56. The molecule has 1 amide bonds.